The van der Waals surface area contributed by atoms with Crippen molar-refractivity contribution in [3.63, 3.8) is 0 Å². The highest BCUT2D eigenvalue weighted by atomic mass is 16.5. The number of ether oxygens (including phenoxy) is 1. The maximum Gasteiger partial charge on any atom is 0.191 e. The summed E-state index contributed by atoms with van der Waals surface area (Å²) >= 11 is 0. The first kappa shape index (κ1) is 20.6. The van der Waals surface area contributed by atoms with Crippen LogP contribution in [-0.2, 0) is 6.54 Å². The van der Waals surface area contributed by atoms with Crippen LogP contribution in [0.25, 0.3) is 0 Å². The van der Waals surface area contributed by atoms with Crippen LogP contribution in [-0.4, -0.2) is 44.2 Å². The van der Waals surface area contributed by atoms with Gasteiger partial charge in [-0.3, -0.25) is 0 Å². The summed E-state index contributed by atoms with van der Waals surface area (Å²) in [5.74, 6) is 2.60. The highest BCUT2D eigenvalue weighted by Gasteiger charge is 2.06. The standard InChI is InChI=1S/C21H31N5O/c1-6-22-21(25-15-18-10-11-23-20(13-18)26(4)5)24-14-17(3)27-19-9-7-8-16(2)12-19/h7-13,17H,6,14-15H2,1-5H3,(H2,22,24,25). The molecule has 1 aromatic heterocycles. The Morgan fingerprint density at radius 3 is 2.74 bits per heavy atom. The monoisotopic (exact) mass is 369 g/mol. The molecule has 2 rings (SSSR count). The van der Waals surface area contributed by atoms with Crippen molar-refractivity contribution < 1.29 is 4.74 Å². The second-order valence-corrected chi connectivity index (χ2v) is 6.74. The third kappa shape index (κ3) is 7.17. The molecule has 27 heavy (non-hydrogen) atoms. The van der Waals surface area contributed by atoms with Gasteiger partial charge in [-0.1, -0.05) is 12.1 Å². The fourth-order valence-corrected chi connectivity index (χ4v) is 2.52. The number of aromatic nitrogens is 1. The Labute approximate surface area is 162 Å². The Hall–Kier alpha value is -2.76. The molecule has 6 nitrogen and oxygen atoms in total. The minimum atomic E-state index is 0.0249. The highest BCUT2D eigenvalue weighted by Crippen LogP contribution is 2.14. The molecule has 1 aromatic carbocycles. The summed E-state index contributed by atoms with van der Waals surface area (Å²) < 4.78 is 5.97. The van der Waals surface area contributed by atoms with Crippen LogP contribution >= 0.6 is 0 Å². The summed E-state index contributed by atoms with van der Waals surface area (Å²) in [6, 6.07) is 12.1. The van der Waals surface area contributed by atoms with E-state index in [1.807, 2.05) is 56.4 Å². The van der Waals surface area contributed by atoms with E-state index in [1.165, 1.54) is 5.56 Å². The Kier molecular flexibility index (Phi) is 7.92. The smallest absolute Gasteiger partial charge is 0.191 e. The van der Waals surface area contributed by atoms with Gasteiger partial charge in [-0.05, 0) is 56.2 Å². The molecule has 0 aliphatic carbocycles. The van der Waals surface area contributed by atoms with Gasteiger partial charge in [0.1, 0.15) is 17.7 Å². The fraction of sp³-hybridized carbons (Fsp3) is 0.429. The molecule has 146 valence electrons. The molecule has 0 amide bonds. The summed E-state index contributed by atoms with van der Waals surface area (Å²) in [6.45, 7) is 8.22. The van der Waals surface area contributed by atoms with E-state index in [-0.39, 0.29) is 6.10 Å². The minimum absolute atomic E-state index is 0.0249. The average molecular weight is 370 g/mol. The molecule has 0 radical (unpaired) electrons. The number of rotatable bonds is 8. The van der Waals surface area contributed by atoms with Gasteiger partial charge in [0.25, 0.3) is 0 Å². The molecule has 0 aliphatic rings. The Balaban J connectivity index is 1.92. The van der Waals surface area contributed by atoms with Gasteiger partial charge in [0.15, 0.2) is 5.96 Å². The van der Waals surface area contributed by atoms with E-state index < -0.39 is 0 Å². The van der Waals surface area contributed by atoms with Crippen LogP contribution in [0, 0.1) is 6.92 Å². The van der Waals surface area contributed by atoms with E-state index in [9.17, 15) is 0 Å². The lowest BCUT2D eigenvalue weighted by molar-refractivity contribution is 0.223. The second-order valence-electron chi connectivity index (χ2n) is 6.74. The van der Waals surface area contributed by atoms with Crippen molar-refractivity contribution >= 4 is 11.8 Å². The number of nitrogens with one attached hydrogen (secondary N) is 2. The molecule has 0 saturated heterocycles. The van der Waals surface area contributed by atoms with E-state index >= 15 is 0 Å². The van der Waals surface area contributed by atoms with Gasteiger partial charge in [-0.15, -0.1) is 0 Å². The van der Waals surface area contributed by atoms with E-state index in [0.717, 1.165) is 29.6 Å². The number of hydrogen-bond acceptors (Lipinski definition) is 4. The molecular weight excluding hydrogens is 338 g/mol. The Bertz CT molecular complexity index is 745. The normalized spacial score (nSPS) is 12.4. The number of nitrogens with zero attached hydrogens (tertiary/aromatic N) is 3. The maximum absolute atomic E-state index is 5.97. The lowest BCUT2D eigenvalue weighted by Gasteiger charge is -2.18. The minimum Gasteiger partial charge on any atom is -0.489 e. The van der Waals surface area contributed by atoms with Gasteiger partial charge in [-0.2, -0.15) is 0 Å². The topological polar surface area (TPSA) is 61.8 Å². The number of benzene rings is 1. The third-order valence-corrected chi connectivity index (χ3v) is 3.92. The first-order chi connectivity index (χ1) is 13.0. The van der Waals surface area contributed by atoms with Crippen LogP contribution in [0.1, 0.15) is 25.0 Å². The fourth-order valence-electron chi connectivity index (χ4n) is 2.52. The van der Waals surface area contributed by atoms with Crippen LogP contribution in [0.4, 0.5) is 5.82 Å². The first-order valence-electron chi connectivity index (χ1n) is 9.35. The van der Waals surface area contributed by atoms with Gasteiger partial charge in [-0.25, -0.2) is 9.98 Å². The van der Waals surface area contributed by atoms with Crippen molar-refractivity contribution in [1.82, 2.24) is 15.6 Å². The molecule has 0 aliphatic heterocycles. The van der Waals surface area contributed by atoms with Crippen molar-refractivity contribution in [3.05, 3.63) is 53.7 Å². The summed E-state index contributed by atoms with van der Waals surface area (Å²) in [6.07, 6.45) is 1.84. The third-order valence-electron chi connectivity index (χ3n) is 3.92. The molecule has 2 N–H and O–H groups in total. The molecule has 1 atom stereocenters. The Morgan fingerprint density at radius 1 is 1.22 bits per heavy atom. The van der Waals surface area contributed by atoms with Gasteiger partial charge >= 0.3 is 0 Å². The van der Waals surface area contributed by atoms with Crippen LogP contribution in [0.2, 0.25) is 0 Å². The van der Waals surface area contributed by atoms with E-state index in [0.29, 0.717) is 13.1 Å². The average Bonchev–Trinajstić information content (AvgIpc) is 2.64. The van der Waals surface area contributed by atoms with Crippen molar-refractivity contribution in [2.24, 2.45) is 4.99 Å². The summed E-state index contributed by atoms with van der Waals surface area (Å²) in [7, 11) is 3.97. The van der Waals surface area contributed by atoms with Gasteiger partial charge in [0.05, 0.1) is 13.1 Å². The number of guanidine groups is 1. The number of aryl methyl sites for hydroxylation is 1. The van der Waals surface area contributed by atoms with Crippen LogP contribution in [0.5, 0.6) is 5.75 Å². The molecule has 1 heterocycles. The first-order valence-corrected chi connectivity index (χ1v) is 9.35. The number of hydrogen-bond donors (Lipinski definition) is 2. The highest BCUT2D eigenvalue weighted by molar-refractivity contribution is 5.79. The zero-order chi connectivity index (χ0) is 19.6. The lowest BCUT2D eigenvalue weighted by atomic mass is 10.2. The molecule has 1 unspecified atom stereocenters. The van der Waals surface area contributed by atoms with Crippen molar-refractivity contribution in [2.45, 2.75) is 33.4 Å². The summed E-state index contributed by atoms with van der Waals surface area (Å²) in [5, 5.41) is 6.63. The summed E-state index contributed by atoms with van der Waals surface area (Å²) in [4.78, 5) is 11.0. The van der Waals surface area contributed by atoms with Crippen molar-refractivity contribution in [2.75, 3.05) is 32.1 Å². The molecule has 0 bridgehead atoms. The molecule has 2 aromatic rings. The molecule has 0 saturated carbocycles. The van der Waals surface area contributed by atoms with Gasteiger partial charge in [0, 0.05) is 26.8 Å². The largest absolute Gasteiger partial charge is 0.489 e. The SMILES string of the molecule is CCNC(=NCc1ccnc(N(C)C)c1)NCC(C)Oc1cccc(C)c1. The van der Waals surface area contributed by atoms with Crippen molar-refractivity contribution in [3.8, 4) is 5.75 Å². The predicted molar refractivity (Wildman–Crippen MR) is 113 cm³/mol. The zero-order valence-electron chi connectivity index (χ0n) is 17.0. The number of aliphatic imine (C=N–C) groups is 1. The zero-order valence-corrected chi connectivity index (χ0v) is 17.0. The molecule has 0 fully saturated rings. The van der Waals surface area contributed by atoms with E-state index in [2.05, 4.69) is 46.6 Å². The molecule has 6 heteroatoms. The van der Waals surface area contributed by atoms with E-state index in [1.54, 1.807) is 0 Å². The van der Waals surface area contributed by atoms with Crippen LogP contribution in [0.3, 0.4) is 0 Å². The van der Waals surface area contributed by atoms with Crippen molar-refractivity contribution in [1.29, 1.82) is 0 Å². The predicted octanol–water partition coefficient (Wildman–Crippen LogP) is 2.98. The number of anilines is 1. The van der Waals surface area contributed by atoms with Crippen LogP contribution < -0.4 is 20.3 Å². The van der Waals surface area contributed by atoms with Gasteiger partial charge in [0.2, 0.25) is 0 Å². The molecular formula is C21H31N5O. The summed E-state index contributed by atoms with van der Waals surface area (Å²) in [5.41, 5.74) is 2.31. The van der Waals surface area contributed by atoms with Gasteiger partial charge < -0.3 is 20.3 Å². The Morgan fingerprint density at radius 2 is 2.04 bits per heavy atom. The number of pyridine rings is 1. The van der Waals surface area contributed by atoms with E-state index in [4.69, 9.17) is 4.74 Å². The maximum atomic E-state index is 5.97. The lowest BCUT2D eigenvalue weighted by Crippen LogP contribution is -2.41. The molecule has 0 spiro atoms. The second kappa shape index (κ2) is 10.4. The van der Waals surface area contributed by atoms with Crippen LogP contribution in [0.15, 0.2) is 47.6 Å². The quantitative estimate of drug-likeness (QED) is 0.553.